The topological polar surface area (TPSA) is 53.6 Å². The van der Waals surface area contributed by atoms with Gasteiger partial charge in [0.2, 0.25) is 0 Å². The maximum atomic E-state index is 11.9. The van der Waals surface area contributed by atoms with Gasteiger partial charge >= 0.3 is 6.03 Å². The first-order valence-corrected chi connectivity index (χ1v) is 7.64. The van der Waals surface area contributed by atoms with E-state index in [2.05, 4.69) is 35.4 Å². The zero-order valence-electron chi connectivity index (χ0n) is 12.9. The van der Waals surface area contributed by atoms with E-state index in [1.54, 1.807) is 0 Å². The molecule has 1 aromatic carbocycles. The van der Waals surface area contributed by atoms with Crippen LogP contribution in [-0.4, -0.2) is 49.8 Å². The third-order valence-electron chi connectivity index (χ3n) is 3.82. The van der Waals surface area contributed by atoms with Crippen LogP contribution in [0.3, 0.4) is 0 Å². The van der Waals surface area contributed by atoms with E-state index in [4.69, 9.17) is 4.74 Å². The van der Waals surface area contributed by atoms with Crippen molar-refractivity contribution in [3.05, 3.63) is 29.8 Å². The highest BCUT2D eigenvalue weighted by Gasteiger charge is 2.17. The second kappa shape index (κ2) is 8.00. The second-order valence-corrected chi connectivity index (χ2v) is 5.39. The van der Waals surface area contributed by atoms with Gasteiger partial charge in [0.05, 0.1) is 13.2 Å². The highest BCUT2D eigenvalue weighted by atomic mass is 16.5. The standard InChI is InChI=1S/C16H25N3O2/c1-3-14-5-4-6-15(11-14)18-16(20)17-12-13(2)19-7-9-21-10-8-19/h4-6,11,13H,3,7-10,12H2,1-2H3,(H2,17,18,20)/t13-/m0/s1. The zero-order valence-corrected chi connectivity index (χ0v) is 12.9. The van der Waals surface area contributed by atoms with Crippen molar-refractivity contribution >= 4 is 11.7 Å². The van der Waals surface area contributed by atoms with Crippen LogP contribution in [0.5, 0.6) is 0 Å². The van der Waals surface area contributed by atoms with Gasteiger partial charge in [-0.1, -0.05) is 19.1 Å². The van der Waals surface area contributed by atoms with Crippen LogP contribution < -0.4 is 10.6 Å². The van der Waals surface area contributed by atoms with Gasteiger partial charge in [0.25, 0.3) is 0 Å². The molecule has 1 fully saturated rings. The first-order chi connectivity index (χ1) is 10.2. The number of urea groups is 1. The number of rotatable bonds is 5. The van der Waals surface area contributed by atoms with Crippen LogP contribution in [0.2, 0.25) is 0 Å². The van der Waals surface area contributed by atoms with Crippen molar-refractivity contribution in [3.63, 3.8) is 0 Å². The molecule has 1 atom stereocenters. The lowest BCUT2D eigenvalue weighted by atomic mass is 10.1. The summed E-state index contributed by atoms with van der Waals surface area (Å²) in [6.45, 7) is 8.29. The molecule has 21 heavy (non-hydrogen) atoms. The van der Waals surface area contributed by atoms with Crippen molar-refractivity contribution in [2.75, 3.05) is 38.2 Å². The minimum atomic E-state index is -0.150. The van der Waals surface area contributed by atoms with Gasteiger partial charge in [-0.2, -0.15) is 0 Å². The van der Waals surface area contributed by atoms with Crippen LogP contribution in [0, 0.1) is 0 Å². The van der Waals surface area contributed by atoms with Crippen LogP contribution in [0.25, 0.3) is 0 Å². The van der Waals surface area contributed by atoms with E-state index >= 15 is 0 Å². The summed E-state index contributed by atoms with van der Waals surface area (Å²) < 4.78 is 5.33. The van der Waals surface area contributed by atoms with Gasteiger partial charge in [-0.3, -0.25) is 4.90 Å². The number of aryl methyl sites for hydroxylation is 1. The number of nitrogens with one attached hydrogen (secondary N) is 2. The monoisotopic (exact) mass is 291 g/mol. The number of nitrogens with zero attached hydrogens (tertiary/aromatic N) is 1. The van der Waals surface area contributed by atoms with E-state index in [1.165, 1.54) is 5.56 Å². The van der Waals surface area contributed by atoms with E-state index in [0.717, 1.165) is 38.4 Å². The van der Waals surface area contributed by atoms with Crippen molar-refractivity contribution in [3.8, 4) is 0 Å². The van der Waals surface area contributed by atoms with Gasteiger partial charge in [-0.05, 0) is 31.0 Å². The Labute approximate surface area is 126 Å². The van der Waals surface area contributed by atoms with Crippen LogP contribution in [-0.2, 0) is 11.2 Å². The van der Waals surface area contributed by atoms with Gasteiger partial charge < -0.3 is 15.4 Å². The van der Waals surface area contributed by atoms with Crippen molar-refractivity contribution < 1.29 is 9.53 Å². The first-order valence-electron chi connectivity index (χ1n) is 7.64. The third kappa shape index (κ3) is 5.02. The maximum absolute atomic E-state index is 11.9. The lowest BCUT2D eigenvalue weighted by Crippen LogP contribution is -2.47. The molecule has 116 valence electrons. The number of ether oxygens (including phenoxy) is 1. The smallest absolute Gasteiger partial charge is 0.319 e. The average molecular weight is 291 g/mol. The summed E-state index contributed by atoms with van der Waals surface area (Å²) in [5.41, 5.74) is 2.06. The molecule has 2 N–H and O–H groups in total. The Hall–Kier alpha value is -1.59. The molecule has 0 spiro atoms. The molecule has 0 radical (unpaired) electrons. The molecular weight excluding hydrogens is 266 g/mol. The normalized spacial score (nSPS) is 17.2. The van der Waals surface area contributed by atoms with Crippen LogP contribution in [0.15, 0.2) is 24.3 Å². The summed E-state index contributed by atoms with van der Waals surface area (Å²) in [7, 11) is 0. The predicted octanol–water partition coefficient (Wildman–Crippen LogP) is 2.09. The Bertz CT molecular complexity index is 459. The summed E-state index contributed by atoms with van der Waals surface area (Å²) in [6.07, 6.45) is 0.963. The van der Waals surface area contributed by atoms with Crippen molar-refractivity contribution in [1.29, 1.82) is 0 Å². The minimum absolute atomic E-state index is 0.150. The molecule has 1 aliphatic heterocycles. The van der Waals surface area contributed by atoms with E-state index in [1.807, 2.05) is 18.2 Å². The fourth-order valence-electron chi connectivity index (χ4n) is 2.43. The molecule has 0 bridgehead atoms. The van der Waals surface area contributed by atoms with Gasteiger partial charge in [-0.25, -0.2) is 4.79 Å². The summed E-state index contributed by atoms with van der Waals surface area (Å²) >= 11 is 0. The summed E-state index contributed by atoms with van der Waals surface area (Å²) in [5, 5.41) is 5.81. The Balaban J connectivity index is 1.76. The van der Waals surface area contributed by atoms with E-state index in [-0.39, 0.29) is 6.03 Å². The number of benzene rings is 1. The number of amides is 2. The number of morpholine rings is 1. The highest BCUT2D eigenvalue weighted by Crippen LogP contribution is 2.10. The quantitative estimate of drug-likeness (QED) is 0.873. The van der Waals surface area contributed by atoms with Crippen molar-refractivity contribution in [2.45, 2.75) is 26.3 Å². The number of carbonyl (C=O) groups excluding carboxylic acids is 1. The maximum Gasteiger partial charge on any atom is 0.319 e. The van der Waals surface area contributed by atoms with Gasteiger partial charge in [0.15, 0.2) is 0 Å². The van der Waals surface area contributed by atoms with Crippen LogP contribution in [0.1, 0.15) is 19.4 Å². The van der Waals surface area contributed by atoms with E-state index < -0.39 is 0 Å². The molecule has 0 unspecified atom stereocenters. The molecule has 1 saturated heterocycles. The van der Waals surface area contributed by atoms with Gasteiger partial charge in [0.1, 0.15) is 0 Å². The summed E-state index contributed by atoms with van der Waals surface area (Å²) in [4.78, 5) is 14.3. The van der Waals surface area contributed by atoms with Crippen LogP contribution >= 0.6 is 0 Å². The fourth-order valence-corrected chi connectivity index (χ4v) is 2.43. The minimum Gasteiger partial charge on any atom is -0.379 e. The Morgan fingerprint density at radius 3 is 2.86 bits per heavy atom. The largest absolute Gasteiger partial charge is 0.379 e. The average Bonchev–Trinajstić information content (AvgIpc) is 2.53. The number of hydrogen-bond donors (Lipinski definition) is 2. The summed E-state index contributed by atoms with van der Waals surface area (Å²) in [5.74, 6) is 0. The second-order valence-electron chi connectivity index (χ2n) is 5.39. The predicted molar refractivity (Wildman–Crippen MR) is 84.7 cm³/mol. The molecule has 1 aliphatic rings. The molecular formula is C16H25N3O2. The Morgan fingerprint density at radius 2 is 2.14 bits per heavy atom. The van der Waals surface area contributed by atoms with Gasteiger partial charge in [-0.15, -0.1) is 0 Å². The lowest BCUT2D eigenvalue weighted by molar-refractivity contribution is 0.0209. The molecule has 5 nitrogen and oxygen atoms in total. The first kappa shape index (κ1) is 15.8. The highest BCUT2D eigenvalue weighted by molar-refractivity contribution is 5.89. The number of anilines is 1. The van der Waals surface area contributed by atoms with Crippen molar-refractivity contribution in [1.82, 2.24) is 10.2 Å². The molecule has 5 heteroatoms. The lowest BCUT2D eigenvalue weighted by Gasteiger charge is -2.32. The Morgan fingerprint density at radius 1 is 1.38 bits per heavy atom. The molecule has 2 amide bonds. The van der Waals surface area contributed by atoms with Gasteiger partial charge in [0, 0.05) is 31.4 Å². The number of hydrogen-bond acceptors (Lipinski definition) is 3. The third-order valence-corrected chi connectivity index (χ3v) is 3.82. The molecule has 2 rings (SSSR count). The summed E-state index contributed by atoms with van der Waals surface area (Å²) in [6, 6.07) is 8.11. The molecule has 0 saturated carbocycles. The molecule has 0 aliphatic carbocycles. The molecule has 1 heterocycles. The number of carbonyl (C=O) groups is 1. The van der Waals surface area contributed by atoms with Crippen molar-refractivity contribution in [2.24, 2.45) is 0 Å². The molecule has 0 aromatic heterocycles. The molecule has 1 aromatic rings. The van der Waals surface area contributed by atoms with E-state index in [0.29, 0.717) is 12.6 Å². The fraction of sp³-hybridized carbons (Fsp3) is 0.562. The Kier molecular flexibility index (Phi) is 6.02. The zero-order chi connectivity index (χ0) is 15.1. The van der Waals surface area contributed by atoms with E-state index in [9.17, 15) is 4.79 Å². The SMILES string of the molecule is CCc1cccc(NC(=O)NC[C@H](C)N2CCOCC2)c1. The van der Waals surface area contributed by atoms with Crippen LogP contribution in [0.4, 0.5) is 10.5 Å².